The number of benzene rings is 1. The smallest absolute Gasteiger partial charge is 0.103 e. The van der Waals surface area contributed by atoms with Crippen molar-refractivity contribution in [3.63, 3.8) is 0 Å². The minimum Gasteiger partial charge on any atom is -0.356 e. The fraction of sp³-hybridized carbons (Fsp3) is 0.429. The zero-order chi connectivity index (χ0) is 11.9. The summed E-state index contributed by atoms with van der Waals surface area (Å²) < 4.78 is 0. The van der Waals surface area contributed by atoms with Crippen LogP contribution in [0, 0.1) is 6.92 Å². The summed E-state index contributed by atoms with van der Waals surface area (Å²) in [5.41, 5.74) is 5.35. The summed E-state index contributed by atoms with van der Waals surface area (Å²) in [6, 6.07) is 8.57. The van der Waals surface area contributed by atoms with Crippen LogP contribution in [0.4, 0.5) is 5.69 Å². The van der Waals surface area contributed by atoms with Crippen molar-refractivity contribution in [1.82, 2.24) is 4.90 Å². The van der Waals surface area contributed by atoms with Crippen molar-refractivity contribution in [2.75, 3.05) is 11.9 Å². The summed E-state index contributed by atoms with van der Waals surface area (Å²) in [4.78, 5) is 4.73. The molecule has 1 aromatic carbocycles. The Hall–Kier alpha value is -1.44. The van der Waals surface area contributed by atoms with E-state index in [4.69, 9.17) is 0 Å². The third kappa shape index (κ3) is 1.49. The number of hydrogen-bond donors (Lipinski definition) is 0. The highest BCUT2D eigenvalue weighted by Crippen LogP contribution is 2.34. The maximum atomic E-state index is 2.41. The summed E-state index contributed by atoms with van der Waals surface area (Å²) in [6.07, 6.45) is 0.404. The molecule has 0 spiro atoms. The molecule has 0 aliphatic carbocycles. The van der Waals surface area contributed by atoms with Gasteiger partial charge in [0.2, 0.25) is 0 Å². The van der Waals surface area contributed by atoms with Gasteiger partial charge in [-0.25, -0.2) is 0 Å². The first-order chi connectivity index (χ1) is 7.54. The Morgan fingerprint density at radius 2 is 1.62 bits per heavy atom. The minimum atomic E-state index is 0.404. The van der Waals surface area contributed by atoms with Gasteiger partial charge >= 0.3 is 0 Å². The molecule has 1 aliphatic heterocycles. The van der Waals surface area contributed by atoms with E-state index in [9.17, 15) is 0 Å². The third-order valence-corrected chi connectivity index (χ3v) is 3.72. The molecule has 0 amide bonds. The topological polar surface area (TPSA) is 6.48 Å². The Morgan fingerprint density at radius 3 is 2.12 bits per heavy atom. The summed E-state index contributed by atoms with van der Waals surface area (Å²) in [5, 5.41) is 0. The summed E-state index contributed by atoms with van der Waals surface area (Å²) in [6.45, 7) is 8.79. The Bertz CT molecular complexity index is 434. The molecular formula is C14H20N2. The fourth-order valence-corrected chi connectivity index (χ4v) is 2.38. The average Bonchev–Trinajstić information content (AvgIpc) is 2.45. The minimum absolute atomic E-state index is 0.404. The number of hydrogen-bond acceptors (Lipinski definition) is 2. The van der Waals surface area contributed by atoms with Crippen LogP contribution in [-0.4, -0.2) is 18.1 Å². The van der Waals surface area contributed by atoms with Crippen LogP contribution in [0.25, 0.3) is 0 Å². The number of aryl methyl sites for hydroxylation is 1. The molecule has 86 valence electrons. The molecule has 0 N–H and O–H groups in total. The molecule has 1 atom stereocenters. The molecule has 1 heterocycles. The van der Waals surface area contributed by atoms with Gasteiger partial charge in [0.15, 0.2) is 0 Å². The molecule has 0 aromatic heterocycles. The van der Waals surface area contributed by atoms with Crippen molar-refractivity contribution >= 4 is 5.69 Å². The predicted octanol–water partition coefficient (Wildman–Crippen LogP) is 3.34. The van der Waals surface area contributed by atoms with Crippen molar-refractivity contribution in [3.05, 3.63) is 41.2 Å². The van der Waals surface area contributed by atoms with Gasteiger partial charge in [-0.15, -0.1) is 0 Å². The number of para-hydroxylation sites is 1. The van der Waals surface area contributed by atoms with Crippen molar-refractivity contribution in [2.45, 2.75) is 33.9 Å². The van der Waals surface area contributed by atoms with Crippen molar-refractivity contribution in [1.29, 1.82) is 0 Å². The molecule has 2 heteroatoms. The monoisotopic (exact) mass is 216 g/mol. The van der Waals surface area contributed by atoms with E-state index in [2.05, 4.69) is 68.8 Å². The lowest BCUT2D eigenvalue weighted by molar-refractivity contribution is 0.357. The Balaban J connectivity index is 2.47. The van der Waals surface area contributed by atoms with Gasteiger partial charge in [-0.2, -0.15) is 0 Å². The first-order valence-electron chi connectivity index (χ1n) is 5.79. The van der Waals surface area contributed by atoms with Crippen LogP contribution in [0.15, 0.2) is 35.7 Å². The van der Waals surface area contributed by atoms with E-state index in [1.165, 1.54) is 22.6 Å². The molecule has 0 radical (unpaired) electrons. The van der Waals surface area contributed by atoms with Gasteiger partial charge in [0, 0.05) is 24.1 Å². The lowest BCUT2D eigenvalue weighted by Gasteiger charge is -2.30. The molecule has 1 aliphatic rings. The fourth-order valence-electron chi connectivity index (χ4n) is 2.38. The first-order valence-corrected chi connectivity index (χ1v) is 5.79. The van der Waals surface area contributed by atoms with Crippen molar-refractivity contribution in [2.24, 2.45) is 0 Å². The second-order valence-electron chi connectivity index (χ2n) is 4.57. The normalized spacial score (nSPS) is 20.9. The van der Waals surface area contributed by atoms with E-state index in [1.54, 1.807) is 0 Å². The molecule has 0 saturated carbocycles. The van der Waals surface area contributed by atoms with Gasteiger partial charge in [-0.3, -0.25) is 0 Å². The Morgan fingerprint density at radius 1 is 1.00 bits per heavy atom. The predicted molar refractivity (Wildman–Crippen MR) is 69.3 cm³/mol. The highest BCUT2D eigenvalue weighted by molar-refractivity contribution is 5.60. The number of allylic oxidation sites excluding steroid dienone is 2. The zero-order valence-corrected chi connectivity index (χ0v) is 10.8. The molecular weight excluding hydrogens is 196 g/mol. The zero-order valence-electron chi connectivity index (χ0n) is 10.8. The molecule has 16 heavy (non-hydrogen) atoms. The number of anilines is 1. The van der Waals surface area contributed by atoms with Crippen LogP contribution >= 0.6 is 0 Å². The summed E-state index contributed by atoms with van der Waals surface area (Å²) >= 11 is 0. The highest BCUT2D eigenvalue weighted by Gasteiger charge is 2.29. The van der Waals surface area contributed by atoms with Gasteiger partial charge in [-0.1, -0.05) is 18.2 Å². The molecule has 2 nitrogen and oxygen atoms in total. The van der Waals surface area contributed by atoms with Crippen LogP contribution in [-0.2, 0) is 0 Å². The summed E-state index contributed by atoms with van der Waals surface area (Å²) in [5.74, 6) is 0. The maximum Gasteiger partial charge on any atom is 0.103 e. The number of nitrogens with zero attached hydrogens (tertiary/aromatic N) is 2. The molecule has 2 rings (SSSR count). The van der Waals surface area contributed by atoms with E-state index in [0.29, 0.717) is 6.17 Å². The van der Waals surface area contributed by atoms with Crippen molar-refractivity contribution < 1.29 is 0 Å². The lowest BCUT2D eigenvalue weighted by Crippen LogP contribution is -2.35. The van der Waals surface area contributed by atoms with E-state index in [-0.39, 0.29) is 0 Å². The SMILES string of the molecule is CC1=C(C)N(c2ccccc2C)C(C)N1C. The number of rotatable bonds is 1. The van der Waals surface area contributed by atoms with Crippen LogP contribution in [0.1, 0.15) is 26.3 Å². The van der Waals surface area contributed by atoms with Gasteiger partial charge in [0.25, 0.3) is 0 Å². The quantitative estimate of drug-likeness (QED) is 0.710. The second kappa shape index (κ2) is 3.85. The van der Waals surface area contributed by atoms with Crippen LogP contribution in [0.5, 0.6) is 0 Å². The lowest BCUT2D eigenvalue weighted by atomic mass is 10.1. The molecule has 0 saturated heterocycles. The molecule has 1 unspecified atom stereocenters. The maximum absolute atomic E-state index is 2.41. The van der Waals surface area contributed by atoms with E-state index in [0.717, 1.165) is 0 Å². The van der Waals surface area contributed by atoms with Crippen LogP contribution in [0.3, 0.4) is 0 Å². The largest absolute Gasteiger partial charge is 0.356 e. The van der Waals surface area contributed by atoms with Crippen LogP contribution in [0.2, 0.25) is 0 Å². The molecule has 0 fully saturated rings. The van der Waals surface area contributed by atoms with Crippen molar-refractivity contribution in [3.8, 4) is 0 Å². The summed E-state index contributed by atoms with van der Waals surface area (Å²) in [7, 11) is 2.15. The first kappa shape index (κ1) is 11.1. The van der Waals surface area contributed by atoms with Gasteiger partial charge in [-0.05, 0) is 39.3 Å². The highest BCUT2D eigenvalue weighted by atomic mass is 15.4. The Kier molecular flexibility index (Phi) is 2.66. The Labute approximate surface area is 98.2 Å². The van der Waals surface area contributed by atoms with E-state index < -0.39 is 0 Å². The third-order valence-electron chi connectivity index (χ3n) is 3.72. The molecule has 0 bridgehead atoms. The molecule has 1 aromatic rings. The van der Waals surface area contributed by atoms with Gasteiger partial charge in [0.05, 0.1) is 0 Å². The van der Waals surface area contributed by atoms with E-state index >= 15 is 0 Å². The average molecular weight is 216 g/mol. The standard InChI is InChI=1S/C14H20N2/c1-10-8-6-7-9-14(10)16-12(3)11(2)15(5)13(16)4/h6-9,13H,1-5H3. The second-order valence-corrected chi connectivity index (χ2v) is 4.57. The van der Waals surface area contributed by atoms with Crippen LogP contribution < -0.4 is 4.90 Å². The van der Waals surface area contributed by atoms with E-state index in [1.807, 2.05) is 0 Å². The van der Waals surface area contributed by atoms with Gasteiger partial charge in [0.1, 0.15) is 6.17 Å². The van der Waals surface area contributed by atoms with Gasteiger partial charge < -0.3 is 9.80 Å².